The Morgan fingerprint density at radius 2 is 2.33 bits per heavy atom. The fourth-order valence-corrected chi connectivity index (χ4v) is 3.43. The molecule has 18 heavy (non-hydrogen) atoms. The lowest BCUT2D eigenvalue weighted by Gasteiger charge is -2.40. The summed E-state index contributed by atoms with van der Waals surface area (Å²) in [5, 5.41) is 4.39. The monoisotopic (exact) mass is 326 g/mol. The maximum atomic E-state index is 5.60. The van der Waals surface area contributed by atoms with Gasteiger partial charge < -0.3 is 10.1 Å². The molecule has 0 amide bonds. The smallest absolute Gasteiger partial charge is 0.183 e. The van der Waals surface area contributed by atoms with Gasteiger partial charge >= 0.3 is 0 Å². The van der Waals surface area contributed by atoms with Crippen molar-refractivity contribution >= 4 is 42.6 Å². The van der Waals surface area contributed by atoms with Gasteiger partial charge in [0.2, 0.25) is 0 Å². The van der Waals surface area contributed by atoms with Gasteiger partial charge in [-0.3, -0.25) is 0 Å². The van der Waals surface area contributed by atoms with E-state index in [0.29, 0.717) is 0 Å². The molecule has 1 fully saturated rings. The van der Waals surface area contributed by atoms with Gasteiger partial charge in [-0.15, -0.1) is 0 Å². The van der Waals surface area contributed by atoms with Crippen LogP contribution in [0.2, 0.25) is 0 Å². The van der Waals surface area contributed by atoms with Crippen LogP contribution in [0.15, 0.2) is 22.7 Å². The van der Waals surface area contributed by atoms with E-state index < -0.39 is 0 Å². The van der Waals surface area contributed by atoms with Crippen molar-refractivity contribution in [2.75, 3.05) is 19.0 Å². The summed E-state index contributed by atoms with van der Waals surface area (Å²) >= 11 is 5.16. The highest BCUT2D eigenvalue weighted by atomic mass is 79.9. The first kappa shape index (κ1) is 12.4. The largest absolute Gasteiger partial charge is 0.376 e. The van der Waals surface area contributed by atoms with Crippen molar-refractivity contribution in [3.05, 3.63) is 22.7 Å². The van der Waals surface area contributed by atoms with Crippen molar-refractivity contribution in [2.24, 2.45) is 0 Å². The molecule has 0 radical (unpaired) electrons. The average molecular weight is 327 g/mol. The van der Waals surface area contributed by atoms with Crippen LogP contribution < -0.4 is 5.32 Å². The minimum absolute atomic E-state index is 0.0401. The molecule has 1 heterocycles. The third-order valence-electron chi connectivity index (χ3n) is 3.61. The summed E-state index contributed by atoms with van der Waals surface area (Å²) in [5.74, 6) is 0. The van der Waals surface area contributed by atoms with Crippen LogP contribution in [0.3, 0.4) is 0 Å². The molecule has 0 bridgehead atoms. The highest BCUT2D eigenvalue weighted by Crippen LogP contribution is 2.36. The number of aromatic nitrogens is 1. The average Bonchev–Trinajstić information content (AvgIpc) is 2.70. The number of halogens is 1. The third kappa shape index (κ3) is 2.27. The molecule has 2 aromatic rings. The first-order valence-electron chi connectivity index (χ1n) is 6.06. The van der Waals surface area contributed by atoms with E-state index in [1.807, 2.05) is 12.1 Å². The summed E-state index contributed by atoms with van der Waals surface area (Å²) in [5.41, 5.74) is 1.08. The molecule has 1 aliphatic carbocycles. The molecule has 1 saturated carbocycles. The van der Waals surface area contributed by atoms with Gasteiger partial charge in [0.25, 0.3) is 0 Å². The minimum atomic E-state index is 0.0401. The molecule has 0 unspecified atom stereocenters. The predicted octanol–water partition coefficient (Wildman–Crippen LogP) is 4.04. The molecule has 1 aromatic carbocycles. The summed E-state index contributed by atoms with van der Waals surface area (Å²) in [7, 11) is 1.80. The molecule has 1 N–H and O–H groups in total. The summed E-state index contributed by atoms with van der Waals surface area (Å²) in [6.07, 6.45) is 3.56. The summed E-state index contributed by atoms with van der Waals surface area (Å²) in [4.78, 5) is 4.59. The van der Waals surface area contributed by atoms with Crippen LogP contribution in [-0.4, -0.2) is 24.2 Å². The number of hydrogen-bond acceptors (Lipinski definition) is 4. The van der Waals surface area contributed by atoms with Gasteiger partial charge in [0.05, 0.1) is 15.8 Å². The molecular weight excluding hydrogens is 312 g/mol. The number of hydrogen-bond donors (Lipinski definition) is 1. The van der Waals surface area contributed by atoms with Crippen molar-refractivity contribution in [3.8, 4) is 0 Å². The number of benzene rings is 1. The molecular formula is C13H15BrN2OS. The van der Waals surface area contributed by atoms with E-state index in [-0.39, 0.29) is 5.60 Å². The van der Waals surface area contributed by atoms with E-state index in [2.05, 4.69) is 32.3 Å². The normalized spacial score (nSPS) is 17.7. The second-order valence-corrected chi connectivity index (χ2v) is 6.67. The van der Waals surface area contributed by atoms with E-state index in [1.165, 1.54) is 11.1 Å². The fraction of sp³-hybridized carbons (Fsp3) is 0.462. The van der Waals surface area contributed by atoms with Gasteiger partial charge in [-0.1, -0.05) is 27.3 Å². The first-order valence-corrected chi connectivity index (χ1v) is 7.67. The second-order valence-electron chi connectivity index (χ2n) is 4.73. The Balaban J connectivity index is 1.74. The zero-order valence-electron chi connectivity index (χ0n) is 10.2. The van der Waals surface area contributed by atoms with E-state index in [9.17, 15) is 0 Å². The second kappa shape index (κ2) is 4.79. The maximum absolute atomic E-state index is 5.60. The van der Waals surface area contributed by atoms with Crippen LogP contribution in [0.1, 0.15) is 19.3 Å². The topological polar surface area (TPSA) is 34.1 Å². The number of nitrogens with zero attached hydrogens (tertiary/aromatic N) is 1. The lowest BCUT2D eigenvalue weighted by molar-refractivity contribution is -0.0601. The van der Waals surface area contributed by atoms with Crippen LogP contribution in [-0.2, 0) is 4.74 Å². The van der Waals surface area contributed by atoms with Crippen molar-refractivity contribution in [1.29, 1.82) is 0 Å². The van der Waals surface area contributed by atoms with Gasteiger partial charge in [0, 0.05) is 18.1 Å². The number of thiazole rings is 1. The van der Waals surface area contributed by atoms with Crippen molar-refractivity contribution in [1.82, 2.24) is 4.98 Å². The van der Waals surface area contributed by atoms with Crippen LogP contribution in [0.5, 0.6) is 0 Å². The van der Waals surface area contributed by atoms with Crippen molar-refractivity contribution in [2.45, 2.75) is 24.9 Å². The molecule has 3 rings (SSSR count). The summed E-state index contributed by atoms with van der Waals surface area (Å²) in [6.45, 7) is 0.852. The molecule has 0 spiro atoms. The summed E-state index contributed by atoms with van der Waals surface area (Å²) in [6, 6.07) is 6.19. The highest BCUT2D eigenvalue weighted by molar-refractivity contribution is 9.10. The van der Waals surface area contributed by atoms with Crippen molar-refractivity contribution in [3.63, 3.8) is 0 Å². The molecule has 96 valence electrons. The quantitative estimate of drug-likeness (QED) is 0.920. The highest BCUT2D eigenvalue weighted by Gasteiger charge is 2.36. The number of anilines is 1. The zero-order chi connectivity index (χ0) is 12.6. The molecule has 1 aliphatic rings. The summed E-state index contributed by atoms with van der Waals surface area (Å²) < 4.78 is 7.87. The Morgan fingerprint density at radius 1 is 1.50 bits per heavy atom. The van der Waals surface area contributed by atoms with Crippen LogP contribution >= 0.6 is 27.3 Å². The Bertz CT molecular complexity index is 560. The van der Waals surface area contributed by atoms with E-state index in [4.69, 9.17) is 4.74 Å². The molecule has 3 nitrogen and oxygen atoms in total. The number of rotatable bonds is 4. The van der Waals surface area contributed by atoms with Crippen LogP contribution in [0.25, 0.3) is 10.2 Å². The van der Waals surface area contributed by atoms with E-state index in [1.54, 1.807) is 18.4 Å². The zero-order valence-corrected chi connectivity index (χ0v) is 12.6. The fourth-order valence-electron chi connectivity index (χ4n) is 2.24. The van der Waals surface area contributed by atoms with Crippen LogP contribution in [0.4, 0.5) is 5.13 Å². The Labute approximate surface area is 119 Å². The van der Waals surface area contributed by atoms with Gasteiger partial charge in [0.1, 0.15) is 0 Å². The lowest BCUT2D eigenvalue weighted by Crippen LogP contribution is -2.45. The van der Waals surface area contributed by atoms with Crippen LogP contribution in [0, 0.1) is 0 Å². The standard InChI is InChI=1S/C13H15BrN2OS/c1-17-13(5-2-6-13)8-15-12-16-10-7-9(14)3-4-11(10)18-12/h3-4,7H,2,5-6,8H2,1H3,(H,15,16). The maximum Gasteiger partial charge on any atom is 0.183 e. The molecule has 5 heteroatoms. The Kier molecular flexibility index (Phi) is 3.30. The Morgan fingerprint density at radius 3 is 3.00 bits per heavy atom. The SMILES string of the molecule is COC1(CNc2nc3cc(Br)ccc3s2)CCC1. The first-order chi connectivity index (χ1) is 8.71. The number of ether oxygens (including phenoxy) is 1. The van der Waals surface area contributed by atoms with Crippen molar-refractivity contribution < 1.29 is 4.74 Å². The molecule has 0 saturated heterocycles. The third-order valence-corrected chi connectivity index (χ3v) is 5.10. The lowest BCUT2D eigenvalue weighted by atomic mass is 9.80. The minimum Gasteiger partial charge on any atom is -0.376 e. The molecule has 0 atom stereocenters. The van der Waals surface area contributed by atoms with Gasteiger partial charge in [0.15, 0.2) is 5.13 Å². The molecule has 0 aliphatic heterocycles. The van der Waals surface area contributed by atoms with Gasteiger partial charge in [-0.05, 0) is 37.5 Å². The van der Waals surface area contributed by atoms with Gasteiger partial charge in [-0.25, -0.2) is 4.98 Å². The van der Waals surface area contributed by atoms with E-state index >= 15 is 0 Å². The number of methoxy groups -OCH3 is 1. The molecule has 1 aromatic heterocycles. The van der Waals surface area contributed by atoms with Gasteiger partial charge in [-0.2, -0.15) is 0 Å². The van der Waals surface area contributed by atoms with E-state index in [0.717, 1.165) is 34.5 Å². The number of fused-ring (bicyclic) bond motifs is 1. The predicted molar refractivity (Wildman–Crippen MR) is 79.4 cm³/mol. The Hall–Kier alpha value is -0.650. The number of nitrogens with one attached hydrogen (secondary N) is 1.